The van der Waals surface area contributed by atoms with E-state index in [1.165, 1.54) is 0 Å². The van der Waals surface area contributed by atoms with Crippen LogP contribution in [0.25, 0.3) is 6.08 Å². The van der Waals surface area contributed by atoms with E-state index in [4.69, 9.17) is 11.0 Å². The average Bonchev–Trinajstić information content (AvgIpc) is 2.18. The quantitative estimate of drug-likeness (QED) is 0.702. The zero-order valence-corrected chi connectivity index (χ0v) is 8.12. The molecule has 1 aromatic rings. The van der Waals surface area contributed by atoms with Crippen LogP contribution in [0, 0.1) is 11.3 Å². The number of rotatable bonds is 3. The van der Waals surface area contributed by atoms with E-state index in [2.05, 4.69) is 5.32 Å². The standard InChI is InChI=1S/C11H13N3/c1-14-6-2-3-9-4-5-10(8-12)11(13)7-9/h2-5,7,14H,6,13H2,1H3. The molecule has 3 nitrogen and oxygen atoms in total. The van der Waals surface area contributed by atoms with Crippen molar-refractivity contribution in [3.63, 3.8) is 0 Å². The maximum atomic E-state index is 8.67. The molecule has 1 aromatic carbocycles. The lowest BCUT2D eigenvalue weighted by Crippen LogP contribution is -2.03. The van der Waals surface area contributed by atoms with E-state index < -0.39 is 0 Å². The highest BCUT2D eigenvalue weighted by atomic mass is 14.8. The van der Waals surface area contributed by atoms with Crippen LogP contribution in [0.5, 0.6) is 0 Å². The Hall–Kier alpha value is -1.79. The van der Waals surface area contributed by atoms with Crippen LogP contribution in [0.4, 0.5) is 5.69 Å². The van der Waals surface area contributed by atoms with E-state index in [0.29, 0.717) is 11.3 Å². The second-order valence-electron chi connectivity index (χ2n) is 2.92. The first-order chi connectivity index (χ1) is 6.77. The Bertz CT molecular complexity index is 375. The van der Waals surface area contributed by atoms with Crippen LogP contribution in [0.1, 0.15) is 11.1 Å². The third-order valence-electron chi connectivity index (χ3n) is 1.83. The van der Waals surface area contributed by atoms with Gasteiger partial charge in [-0.3, -0.25) is 0 Å². The molecule has 0 unspecified atom stereocenters. The molecule has 1 rings (SSSR count). The summed E-state index contributed by atoms with van der Waals surface area (Å²) in [6.45, 7) is 0.819. The summed E-state index contributed by atoms with van der Waals surface area (Å²) in [7, 11) is 1.89. The van der Waals surface area contributed by atoms with Gasteiger partial charge >= 0.3 is 0 Å². The van der Waals surface area contributed by atoms with Crippen molar-refractivity contribution in [3.8, 4) is 6.07 Å². The molecule has 0 aliphatic rings. The van der Waals surface area contributed by atoms with Gasteiger partial charge in [-0.2, -0.15) is 5.26 Å². The Morgan fingerprint density at radius 1 is 1.57 bits per heavy atom. The van der Waals surface area contributed by atoms with Crippen LogP contribution in [-0.4, -0.2) is 13.6 Å². The average molecular weight is 187 g/mol. The van der Waals surface area contributed by atoms with Gasteiger partial charge in [0.2, 0.25) is 0 Å². The predicted molar refractivity (Wildman–Crippen MR) is 58.5 cm³/mol. The predicted octanol–water partition coefficient (Wildman–Crippen LogP) is 1.37. The molecule has 72 valence electrons. The number of hydrogen-bond donors (Lipinski definition) is 2. The minimum absolute atomic E-state index is 0.524. The number of hydrogen-bond acceptors (Lipinski definition) is 3. The molecule has 0 atom stereocenters. The van der Waals surface area contributed by atoms with Gasteiger partial charge in [0.05, 0.1) is 11.3 Å². The summed E-state index contributed by atoms with van der Waals surface area (Å²) in [6, 6.07) is 7.43. The van der Waals surface area contributed by atoms with Crippen molar-refractivity contribution in [1.29, 1.82) is 5.26 Å². The first kappa shape index (κ1) is 10.3. The van der Waals surface area contributed by atoms with Crippen LogP contribution in [0.3, 0.4) is 0 Å². The Kier molecular flexibility index (Phi) is 3.71. The van der Waals surface area contributed by atoms with Crippen molar-refractivity contribution in [2.75, 3.05) is 19.3 Å². The zero-order chi connectivity index (χ0) is 10.4. The Labute approximate surface area is 83.8 Å². The second-order valence-corrected chi connectivity index (χ2v) is 2.92. The lowest BCUT2D eigenvalue weighted by molar-refractivity contribution is 0.922. The summed E-state index contributed by atoms with van der Waals surface area (Å²) in [5, 5.41) is 11.7. The number of anilines is 1. The van der Waals surface area contributed by atoms with E-state index in [1.54, 1.807) is 12.1 Å². The normalized spacial score (nSPS) is 10.3. The molecule has 0 saturated heterocycles. The first-order valence-corrected chi connectivity index (χ1v) is 4.38. The van der Waals surface area contributed by atoms with Gasteiger partial charge in [-0.1, -0.05) is 18.2 Å². The van der Waals surface area contributed by atoms with Gasteiger partial charge in [-0.25, -0.2) is 0 Å². The molecule has 3 heteroatoms. The molecule has 0 aromatic heterocycles. The molecule has 14 heavy (non-hydrogen) atoms. The highest BCUT2D eigenvalue weighted by Gasteiger charge is 1.96. The topological polar surface area (TPSA) is 61.8 Å². The van der Waals surface area contributed by atoms with Crippen molar-refractivity contribution >= 4 is 11.8 Å². The molecule has 0 heterocycles. The fraction of sp³-hybridized carbons (Fsp3) is 0.182. The van der Waals surface area contributed by atoms with Gasteiger partial charge in [0, 0.05) is 6.54 Å². The van der Waals surface area contributed by atoms with Crippen molar-refractivity contribution in [1.82, 2.24) is 5.32 Å². The first-order valence-electron chi connectivity index (χ1n) is 4.38. The molecule has 0 radical (unpaired) electrons. The minimum atomic E-state index is 0.524. The summed E-state index contributed by atoms with van der Waals surface area (Å²) in [6.07, 6.45) is 3.97. The van der Waals surface area contributed by atoms with Crippen molar-refractivity contribution in [2.45, 2.75) is 0 Å². The second kappa shape index (κ2) is 5.05. The van der Waals surface area contributed by atoms with E-state index in [1.807, 2.05) is 31.3 Å². The number of nitrogens with two attached hydrogens (primary N) is 1. The van der Waals surface area contributed by atoms with E-state index in [9.17, 15) is 0 Å². The maximum Gasteiger partial charge on any atom is 0.101 e. The van der Waals surface area contributed by atoms with Crippen LogP contribution in [0.2, 0.25) is 0 Å². The van der Waals surface area contributed by atoms with E-state index in [0.717, 1.165) is 12.1 Å². The van der Waals surface area contributed by atoms with Crippen LogP contribution < -0.4 is 11.1 Å². The Balaban J connectivity index is 2.82. The minimum Gasteiger partial charge on any atom is -0.398 e. The van der Waals surface area contributed by atoms with Gasteiger partial charge in [0.1, 0.15) is 6.07 Å². The fourth-order valence-electron chi connectivity index (χ4n) is 1.10. The molecule has 0 spiro atoms. The van der Waals surface area contributed by atoms with Gasteiger partial charge in [0.25, 0.3) is 0 Å². The monoisotopic (exact) mass is 187 g/mol. The van der Waals surface area contributed by atoms with Gasteiger partial charge in [-0.05, 0) is 24.7 Å². The summed E-state index contributed by atoms with van der Waals surface area (Å²) < 4.78 is 0. The third kappa shape index (κ3) is 2.61. The number of likely N-dealkylation sites (N-methyl/N-ethyl adjacent to an activating group) is 1. The molecule has 0 amide bonds. The van der Waals surface area contributed by atoms with Gasteiger partial charge in [-0.15, -0.1) is 0 Å². The van der Waals surface area contributed by atoms with Crippen LogP contribution >= 0.6 is 0 Å². The lowest BCUT2D eigenvalue weighted by Gasteiger charge is -1.98. The number of nitriles is 1. The Morgan fingerprint density at radius 2 is 2.36 bits per heavy atom. The molecule has 0 bridgehead atoms. The van der Waals surface area contributed by atoms with E-state index in [-0.39, 0.29) is 0 Å². The highest BCUT2D eigenvalue weighted by Crippen LogP contribution is 2.13. The fourth-order valence-corrected chi connectivity index (χ4v) is 1.10. The molecular formula is C11H13N3. The molecule has 0 aliphatic heterocycles. The highest BCUT2D eigenvalue weighted by molar-refractivity contribution is 5.62. The molecule has 0 fully saturated rings. The van der Waals surface area contributed by atoms with Crippen molar-refractivity contribution < 1.29 is 0 Å². The number of nitrogens with one attached hydrogen (secondary N) is 1. The summed E-state index contributed by atoms with van der Waals surface area (Å²) in [4.78, 5) is 0. The smallest absolute Gasteiger partial charge is 0.101 e. The molecule has 3 N–H and O–H groups in total. The molecule has 0 saturated carbocycles. The summed E-state index contributed by atoms with van der Waals surface area (Å²) in [5.74, 6) is 0. The third-order valence-corrected chi connectivity index (χ3v) is 1.83. The lowest BCUT2D eigenvalue weighted by atomic mass is 10.1. The summed E-state index contributed by atoms with van der Waals surface area (Å²) >= 11 is 0. The van der Waals surface area contributed by atoms with Crippen molar-refractivity contribution in [3.05, 3.63) is 35.4 Å². The van der Waals surface area contributed by atoms with Crippen LogP contribution in [0.15, 0.2) is 24.3 Å². The molecular weight excluding hydrogens is 174 g/mol. The Morgan fingerprint density at radius 3 is 2.93 bits per heavy atom. The number of benzene rings is 1. The van der Waals surface area contributed by atoms with Crippen molar-refractivity contribution in [2.24, 2.45) is 0 Å². The molecule has 0 aliphatic carbocycles. The summed E-state index contributed by atoms with van der Waals surface area (Å²) in [5.41, 5.74) is 7.73. The maximum absolute atomic E-state index is 8.67. The largest absolute Gasteiger partial charge is 0.398 e. The van der Waals surface area contributed by atoms with Gasteiger partial charge < -0.3 is 11.1 Å². The number of nitrogen functional groups attached to an aromatic ring is 1. The number of nitrogens with zero attached hydrogens (tertiary/aromatic N) is 1. The van der Waals surface area contributed by atoms with E-state index >= 15 is 0 Å². The van der Waals surface area contributed by atoms with Crippen LogP contribution in [-0.2, 0) is 0 Å². The van der Waals surface area contributed by atoms with Gasteiger partial charge in [0.15, 0.2) is 0 Å². The SMILES string of the molecule is CNCC=Cc1ccc(C#N)c(N)c1. The zero-order valence-electron chi connectivity index (χ0n) is 8.12.